The first-order chi connectivity index (χ1) is 13.6. The lowest BCUT2D eigenvalue weighted by molar-refractivity contribution is -0.127. The Hall–Kier alpha value is -2.25. The molecular formula is C20H22ClN5OS. The highest BCUT2D eigenvalue weighted by atomic mass is 35.5. The molecule has 0 radical (unpaired) electrons. The average Bonchev–Trinajstić information content (AvgIpc) is 3.43. The maximum Gasteiger partial charge on any atom is 0.233 e. The molecule has 0 aliphatic carbocycles. The molecule has 1 saturated heterocycles. The molecule has 1 aromatic carbocycles. The van der Waals surface area contributed by atoms with Crippen LogP contribution in [-0.4, -0.2) is 49.0 Å². The third kappa shape index (κ3) is 4.10. The molecule has 0 bridgehead atoms. The average molecular weight is 416 g/mol. The second-order valence-electron chi connectivity index (χ2n) is 6.87. The minimum Gasteiger partial charge on any atom is -0.354 e. The van der Waals surface area contributed by atoms with Gasteiger partial charge in [0.1, 0.15) is 5.82 Å². The van der Waals surface area contributed by atoms with Crippen molar-refractivity contribution in [2.24, 2.45) is 7.05 Å². The Morgan fingerprint density at radius 1 is 1.14 bits per heavy atom. The minimum absolute atomic E-state index is 0.164. The molecular weight excluding hydrogens is 394 g/mol. The van der Waals surface area contributed by atoms with E-state index in [-0.39, 0.29) is 5.91 Å². The van der Waals surface area contributed by atoms with Crippen molar-refractivity contribution in [2.75, 3.05) is 18.8 Å². The summed E-state index contributed by atoms with van der Waals surface area (Å²) in [6.07, 6.45) is 4.86. The number of rotatable bonds is 6. The van der Waals surface area contributed by atoms with Crippen molar-refractivity contribution < 1.29 is 4.79 Å². The molecule has 3 heterocycles. The van der Waals surface area contributed by atoms with Crippen molar-refractivity contribution in [3.8, 4) is 5.69 Å². The number of thioether (sulfide) groups is 1. The Morgan fingerprint density at radius 3 is 2.57 bits per heavy atom. The normalized spacial score (nSPS) is 14.0. The first-order valence-electron chi connectivity index (χ1n) is 9.33. The highest BCUT2D eigenvalue weighted by molar-refractivity contribution is 7.99. The molecule has 3 aromatic rings. The van der Waals surface area contributed by atoms with Crippen LogP contribution in [0, 0.1) is 0 Å². The number of carbonyl (C=O) groups excluding carboxylic acids is 1. The molecule has 28 heavy (non-hydrogen) atoms. The molecule has 1 aliphatic rings. The summed E-state index contributed by atoms with van der Waals surface area (Å²) in [7, 11) is 2.02. The van der Waals surface area contributed by atoms with Gasteiger partial charge in [0.05, 0.1) is 5.75 Å². The van der Waals surface area contributed by atoms with E-state index in [9.17, 15) is 4.79 Å². The Morgan fingerprint density at radius 2 is 1.89 bits per heavy atom. The molecule has 0 spiro atoms. The predicted molar refractivity (Wildman–Crippen MR) is 111 cm³/mol. The number of aryl methyl sites for hydroxylation is 1. The lowest BCUT2D eigenvalue weighted by atomic mass is 10.2. The number of benzene rings is 1. The zero-order valence-corrected chi connectivity index (χ0v) is 17.3. The third-order valence-electron chi connectivity index (χ3n) is 4.96. The largest absolute Gasteiger partial charge is 0.354 e. The zero-order chi connectivity index (χ0) is 19.5. The van der Waals surface area contributed by atoms with Gasteiger partial charge in [-0.3, -0.25) is 9.36 Å². The summed E-state index contributed by atoms with van der Waals surface area (Å²) in [6.45, 7) is 1.73. The number of hydrogen-bond donors (Lipinski definition) is 0. The molecule has 1 fully saturated rings. The van der Waals surface area contributed by atoms with E-state index < -0.39 is 0 Å². The van der Waals surface area contributed by atoms with Gasteiger partial charge in [-0.15, -0.1) is 10.2 Å². The van der Waals surface area contributed by atoms with Crippen molar-refractivity contribution in [1.29, 1.82) is 0 Å². The number of halogens is 1. The van der Waals surface area contributed by atoms with Gasteiger partial charge in [-0.05, 0) is 49.2 Å². The molecule has 1 amide bonds. The molecule has 8 heteroatoms. The third-order valence-corrected chi connectivity index (χ3v) is 6.12. The van der Waals surface area contributed by atoms with Gasteiger partial charge in [-0.2, -0.15) is 0 Å². The quantitative estimate of drug-likeness (QED) is 0.577. The molecule has 4 rings (SSSR count). The number of nitrogens with zero attached hydrogens (tertiary/aromatic N) is 5. The summed E-state index contributed by atoms with van der Waals surface area (Å²) < 4.78 is 4.09. The van der Waals surface area contributed by atoms with E-state index in [4.69, 9.17) is 11.6 Å². The lowest BCUT2D eigenvalue weighted by Gasteiger charge is -2.15. The second kappa shape index (κ2) is 8.41. The maximum atomic E-state index is 12.4. The van der Waals surface area contributed by atoms with Gasteiger partial charge < -0.3 is 9.47 Å². The standard InChI is InChI=1S/C20H22ClN5OS/c1-24-10-4-5-17(24)13-18-22-23-20(26(18)16-8-6-15(21)7-9-16)28-14-19(27)25-11-2-3-12-25/h4-10H,2-3,11-14H2,1H3. The first kappa shape index (κ1) is 19.1. The van der Waals surface area contributed by atoms with Gasteiger partial charge in [-0.25, -0.2) is 0 Å². The SMILES string of the molecule is Cn1cccc1Cc1nnc(SCC(=O)N2CCCC2)n1-c1ccc(Cl)cc1. The van der Waals surface area contributed by atoms with Gasteiger partial charge in [0.2, 0.25) is 5.91 Å². The van der Waals surface area contributed by atoms with Crippen LogP contribution < -0.4 is 0 Å². The fourth-order valence-electron chi connectivity index (χ4n) is 3.38. The van der Waals surface area contributed by atoms with Crippen LogP contribution in [0.25, 0.3) is 5.69 Å². The van der Waals surface area contributed by atoms with Crippen LogP contribution in [0.15, 0.2) is 47.8 Å². The summed E-state index contributed by atoms with van der Waals surface area (Å²) in [6, 6.07) is 11.7. The van der Waals surface area contributed by atoms with Crippen LogP contribution in [0.1, 0.15) is 24.4 Å². The van der Waals surface area contributed by atoms with Gasteiger partial charge in [0.15, 0.2) is 5.16 Å². The summed E-state index contributed by atoms with van der Waals surface area (Å²) in [4.78, 5) is 14.4. The Labute approximate surface area is 173 Å². The van der Waals surface area contributed by atoms with Gasteiger partial charge >= 0.3 is 0 Å². The number of amides is 1. The molecule has 0 N–H and O–H groups in total. The van der Waals surface area contributed by atoms with Crippen molar-refractivity contribution in [1.82, 2.24) is 24.2 Å². The fourth-order valence-corrected chi connectivity index (χ4v) is 4.38. The number of aromatic nitrogens is 4. The Bertz CT molecular complexity index is 959. The maximum absolute atomic E-state index is 12.4. The van der Waals surface area contributed by atoms with Crippen LogP contribution in [0.2, 0.25) is 5.02 Å². The van der Waals surface area contributed by atoms with Crippen LogP contribution in [0.3, 0.4) is 0 Å². The smallest absolute Gasteiger partial charge is 0.233 e. The molecule has 2 aromatic heterocycles. The van der Waals surface area contributed by atoms with E-state index in [1.54, 1.807) is 0 Å². The fraction of sp³-hybridized carbons (Fsp3) is 0.350. The Kier molecular flexibility index (Phi) is 5.73. The topological polar surface area (TPSA) is 56.0 Å². The van der Waals surface area contributed by atoms with Crippen molar-refractivity contribution >= 4 is 29.3 Å². The van der Waals surface area contributed by atoms with Gasteiger partial charge in [0.25, 0.3) is 0 Å². The van der Waals surface area contributed by atoms with Crippen LogP contribution in [-0.2, 0) is 18.3 Å². The van der Waals surface area contributed by atoms with E-state index >= 15 is 0 Å². The van der Waals surface area contributed by atoms with Crippen molar-refractivity contribution in [2.45, 2.75) is 24.4 Å². The number of likely N-dealkylation sites (tertiary alicyclic amines) is 1. The highest BCUT2D eigenvalue weighted by Crippen LogP contribution is 2.25. The van der Waals surface area contributed by atoms with E-state index in [1.807, 2.05) is 53.0 Å². The summed E-state index contributed by atoms with van der Waals surface area (Å²) >= 11 is 7.50. The van der Waals surface area contributed by atoms with Crippen LogP contribution in [0.4, 0.5) is 0 Å². The van der Waals surface area contributed by atoms with E-state index in [0.717, 1.165) is 48.3 Å². The molecule has 0 saturated carbocycles. The van der Waals surface area contributed by atoms with Crippen molar-refractivity contribution in [3.63, 3.8) is 0 Å². The number of carbonyl (C=O) groups is 1. The van der Waals surface area contributed by atoms with Gasteiger partial charge in [0, 0.05) is 49.2 Å². The first-order valence-corrected chi connectivity index (χ1v) is 10.7. The highest BCUT2D eigenvalue weighted by Gasteiger charge is 2.21. The minimum atomic E-state index is 0.164. The lowest BCUT2D eigenvalue weighted by Crippen LogP contribution is -2.29. The summed E-state index contributed by atoms with van der Waals surface area (Å²) in [5, 5.41) is 10.2. The molecule has 146 valence electrons. The molecule has 1 aliphatic heterocycles. The molecule has 6 nitrogen and oxygen atoms in total. The van der Waals surface area contributed by atoms with Crippen LogP contribution >= 0.6 is 23.4 Å². The van der Waals surface area contributed by atoms with Crippen molar-refractivity contribution in [3.05, 3.63) is 59.1 Å². The Balaban J connectivity index is 1.60. The molecule has 0 unspecified atom stereocenters. The van der Waals surface area contributed by atoms with E-state index in [2.05, 4.69) is 20.8 Å². The van der Waals surface area contributed by atoms with E-state index in [1.165, 1.54) is 11.8 Å². The summed E-state index contributed by atoms with van der Waals surface area (Å²) in [5.74, 6) is 1.37. The summed E-state index contributed by atoms with van der Waals surface area (Å²) in [5.41, 5.74) is 2.09. The van der Waals surface area contributed by atoms with Crippen LogP contribution in [0.5, 0.6) is 0 Å². The zero-order valence-electron chi connectivity index (χ0n) is 15.7. The number of hydrogen-bond acceptors (Lipinski definition) is 4. The predicted octanol–water partition coefficient (Wildman–Crippen LogP) is 3.56. The second-order valence-corrected chi connectivity index (χ2v) is 8.25. The van der Waals surface area contributed by atoms with E-state index in [0.29, 0.717) is 17.2 Å². The monoisotopic (exact) mass is 415 g/mol. The molecule has 0 atom stereocenters. The van der Waals surface area contributed by atoms with Gasteiger partial charge in [-0.1, -0.05) is 23.4 Å².